The van der Waals surface area contributed by atoms with Crippen molar-refractivity contribution in [2.75, 3.05) is 42.1 Å². The van der Waals surface area contributed by atoms with Gasteiger partial charge in [-0.05, 0) is 69.6 Å². The number of hydrogen-bond acceptors (Lipinski definition) is 5. The summed E-state index contributed by atoms with van der Waals surface area (Å²) in [7, 11) is 0. The van der Waals surface area contributed by atoms with Crippen LogP contribution in [0.3, 0.4) is 0 Å². The third kappa shape index (κ3) is 4.91. The van der Waals surface area contributed by atoms with Gasteiger partial charge in [-0.2, -0.15) is 0 Å². The molecule has 1 aromatic carbocycles. The smallest absolute Gasteiger partial charge is 0.326 e. The molecule has 7 nitrogen and oxygen atoms in total. The second kappa shape index (κ2) is 9.92. The summed E-state index contributed by atoms with van der Waals surface area (Å²) in [4.78, 5) is 34.6. The lowest BCUT2D eigenvalue weighted by Gasteiger charge is -2.30. The van der Waals surface area contributed by atoms with E-state index < -0.39 is 0 Å². The number of amides is 3. The molecule has 1 fully saturated rings. The highest BCUT2D eigenvalue weighted by molar-refractivity contribution is 7.99. The van der Waals surface area contributed by atoms with Gasteiger partial charge in [0.2, 0.25) is 0 Å². The van der Waals surface area contributed by atoms with Gasteiger partial charge in [0.15, 0.2) is 0 Å². The number of pyridine rings is 1. The van der Waals surface area contributed by atoms with E-state index in [1.54, 1.807) is 34.9 Å². The summed E-state index contributed by atoms with van der Waals surface area (Å²) < 4.78 is 0. The maximum absolute atomic E-state index is 13.1. The number of nitrogens with one attached hydrogen (secondary N) is 2. The van der Waals surface area contributed by atoms with E-state index in [2.05, 4.69) is 27.4 Å². The zero-order valence-electron chi connectivity index (χ0n) is 19.0. The molecule has 0 bridgehead atoms. The second-order valence-electron chi connectivity index (χ2n) is 8.38. The minimum absolute atomic E-state index is 0.112. The average molecular weight is 454 g/mol. The Kier molecular flexibility index (Phi) is 7.01. The molecule has 1 aromatic heterocycles. The molecule has 0 saturated carbocycles. The predicted octanol–water partition coefficient (Wildman–Crippen LogP) is 4.06. The maximum atomic E-state index is 13.1. The Labute approximate surface area is 194 Å². The normalized spacial score (nSPS) is 18.3. The number of rotatable bonds is 5. The van der Waals surface area contributed by atoms with Crippen LogP contribution in [0.5, 0.6) is 0 Å². The van der Waals surface area contributed by atoms with Crippen molar-refractivity contribution in [3.63, 3.8) is 0 Å². The van der Waals surface area contributed by atoms with Crippen molar-refractivity contribution in [2.24, 2.45) is 0 Å². The number of benzene rings is 1. The Bertz CT molecular complexity index is 1010. The number of urea groups is 1. The first-order chi connectivity index (χ1) is 15.5. The SMILES string of the molecule is CCN1CCC[C@@H]1CNC(=O)c1cccc(NC(=O)N2CCSc3nc(C)cc(C)c32)c1. The Balaban J connectivity index is 1.42. The van der Waals surface area contributed by atoms with Crippen molar-refractivity contribution in [1.82, 2.24) is 15.2 Å². The van der Waals surface area contributed by atoms with Crippen LogP contribution >= 0.6 is 11.8 Å². The number of hydrogen-bond donors (Lipinski definition) is 2. The Morgan fingerprint density at radius 1 is 1.22 bits per heavy atom. The van der Waals surface area contributed by atoms with E-state index in [9.17, 15) is 9.59 Å². The number of carbonyl (C=O) groups excluding carboxylic acids is 2. The van der Waals surface area contributed by atoms with Crippen LogP contribution in [0, 0.1) is 13.8 Å². The Morgan fingerprint density at radius 3 is 2.88 bits per heavy atom. The molecule has 2 N–H and O–H groups in total. The van der Waals surface area contributed by atoms with Gasteiger partial charge < -0.3 is 10.6 Å². The lowest BCUT2D eigenvalue weighted by atomic mass is 10.1. The van der Waals surface area contributed by atoms with Gasteiger partial charge in [-0.3, -0.25) is 14.6 Å². The maximum Gasteiger partial charge on any atom is 0.326 e. The lowest BCUT2D eigenvalue weighted by Crippen LogP contribution is -2.40. The lowest BCUT2D eigenvalue weighted by molar-refractivity contribution is 0.0941. The first-order valence-corrected chi connectivity index (χ1v) is 12.3. The summed E-state index contributed by atoms with van der Waals surface area (Å²) in [5, 5.41) is 6.92. The van der Waals surface area contributed by atoms with E-state index >= 15 is 0 Å². The molecule has 0 aliphatic carbocycles. The first kappa shape index (κ1) is 22.6. The predicted molar refractivity (Wildman–Crippen MR) is 130 cm³/mol. The molecular weight excluding hydrogens is 422 g/mol. The summed E-state index contributed by atoms with van der Waals surface area (Å²) in [6, 6.07) is 9.32. The molecular formula is C24H31N5O2S. The molecule has 32 heavy (non-hydrogen) atoms. The third-order valence-corrected chi connectivity index (χ3v) is 7.07. The molecule has 0 unspecified atom stereocenters. The van der Waals surface area contributed by atoms with Gasteiger partial charge >= 0.3 is 6.03 Å². The van der Waals surface area contributed by atoms with Crippen molar-refractivity contribution in [1.29, 1.82) is 0 Å². The van der Waals surface area contributed by atoms with Crippen LogP contribution in [-0.2, 0) is 0 Å². The van der Waals surface area contributed by atoms with Gasteiger partial charge in [0, 0.05) is 41.8 Å². The van der Waals surface area contributed by atoms with E-state index in [1.807, 2.05) is 26.0 Å². The second-order valence-corrected chi connectivity index (χ2v) is 9.46. The van der Waals surface area contributed by atoms with Gasteiger partial charge in [-0.15, -0.1) is 11.8 Å². The van der Waals surface area contributed by atoms with Crippen molar-refractivity contribution in [2.45, 2.75) is 44.7 Å². The largest absolute Gasteiger partial charge is 0.350 e. The number of thioether (sulfide) groups is 1. The monoisotopic (exact) mass is 453 g/mol. The van der Waals surface area contributed by atoms with Crippen molar-refractivity contribution in [3.8, 4) is 0 Å². The number of aromatic nitrogens is 1. The number of fused-ring (bicyclic) bond motifs is 1. The van der Waals surface area contributed by atoms with E-state index in [1.165, 1.54) is 6.42 Å². The molecule has 4 rings (SSSR count). The molecule has 3 amide bonds. The fraction of sp³-hybridized carbons (Fsp3) is 0.458. The number of aryl methyl sites for hydroxylation is 2. The van der Waals surface area contributed by atoms with Gasteiger partial charge in [0.05, 0.1) is 5.69 Å². The van der Waals surface area contributed by atoms with Crippen molar-refractivity contribution >= 4 is 35.1 Å². The fourth-order valence-corrected chi connectivity index (χ4v) is 5.64. The number of likely N-dealkylation sites (N-methyl/N-ethyl adjacent to an activating group) is 1. The highest BCUT2D eigenvalue weighted by Crippen LogP contribution is 2.36. The van der Waals surface area contributed by atoms with Crippen molar-refractivity contribution < 1.29 is 9.59 Å². The van der Waals surface area contributed by atoms with E-state index in [0.29, 0.717) is 30.4 Å². The quantitative estimate of drug-likeness (QED) is 0.714. The molecule has 1 atom stereocenters. The van der Waals surface area contributed by atoms with Crippen LogP contribution in [0.4, 0.5) is 16.2 Å². The summed E-state index contributed by atoms with van der Waals surface area (Å²) in [6.07, 6.45) is 2.30. The first-order valence-electron chi connectivity index (χ1n) is 11.3. The summed E-state index contributed by atoms with van der Waals surface area (Å²) >= 11 is 1.68. The third-order valence-electron chi connectivity index (χ3n) is 6.13. The Hall–Kier alpha value is -2.58. The molecule has 8 heteroatoms. The molecule has 170 valence electrons. The number of likely N-dealkylation sites (tertiary alicyclic amines) is 1. The van der Waals surface area contributed by atoms with Crippen molar-refractivity contribution in [3.05, 3.63) is 47.2 Å². The standard InChI is InChI=1S/C24H31N5O2S/c1-4-28-10-6-9-20(28)15-25-22(30)18-7-5-8-19(14-18)27-24(31)29-11-12-32-23-21(29)16(2)13-17(3)26-23/h5,7-8,13-14,20H,4,6,9-12,15H2,1-3H3,(H,25,30)(H,27,31)/t20-/m1/s1. The molecule has 3 heterocycles. The highest BCUT2D eigenvalue weighted by Gasteiger charge is 2.27. The van der Waals surface area contributed by atoms with Gasteiger partial charge in [-0.1, -0.05) is 13.0 Å². The number of carbonyl (C=O) groups is 2. The van der Waals surface area contributed by atoms with E-state index in [4.69, 9.17) is 0 Å². The zero-order valence-corrected chi connectivity index (χ0v) is 19.8. The topological polar surface area (TPSA) is 77.6 Å². The summed E-state index contributed by atoms with van der Waals surface area (Å²) in [5.41, 5.74) is 4.02. The molecule has 2 aromatic rings. The van der Waals surface area contributed by atoms with Crippen LogP contribution in [0.25, 0.3) is 0 Å². The highest BCUT2D eigenvalue weighted by atomic mass is 32.2. The van der Waals surface area contributed by atoms with Crippen LogP contribution < -0.4 is 15.5 Å². The van der Waals surface area contributed by atoms with E-state index in [-0.39, 0.29) is 11.9 Å². The molecule has 2 aliphatic heterocycles. The van der Waals surface area contributed by atoms with Crippen LogP contribution in [0.1, 0.15) is 41.4 Å². The summed E-state index contributed by atoms with van der Waals surface area (Å²) in [6.45, 7) is 9.51. The van der Waals surface area contributed by atoms with Crippen LogP contribution in [0.2, 0.25) is 0 Å². The number of nitrogens with zero attached hydrogens (tertiary/aromatic N) is 3. The average Bonchev–Trinajstić information content (AvgIpc) is 3.24. The minimum Gasteiger partial charge on any atom is -0.350 e. The summed E-state index contributed by atoms with van der Waals surface area (Å²) in [5.74, 6) is 0.689. The molecule has 0 spiro atoms. The Morgan fingerprint density at radius 2 is 2.06 bits per heavy atom. The van der Waals surface area contributed by atoms with Gasteiger partial charge in [0.1, 0.15) is 5.03 Å². The van der Waals surface area contributed by atoms with Crippen LogP contribution in [-0.4, -0.2) is 59.8 Å². The molecule has 0 radical (unpaired) electrons. The number of anilines is 2. The molecule has 2 aliphatic rings. The zero-order chi connectivity index (χ0) is 22.7. The fourth-order valence-electron chi connectivity index (χ4n) is 4.56. The van der Waals surface area contributed by atoms with Crippen LogP contribution in [0.15, 0.2) is 35.4 Å². The molecule has 1 saturated heterocycles. The van der Waals surface area contributed by atoms with Gasteiger partial charge in [-0.25, -0.2) is 9.78 Å². The van der Waals surface area contributed by atoms with Gasteiger partial charge in [0.25, 0.3) is 5.91 Å². The minimum atomic E-state index is -0.206. The van der Waals surface area contributed by atoms with E-state index in [0.717, 1.165) is 47.2 Å².